The number of hydrogen-bond donors (Lipinski definition) is 2. The zero-order valence-corrected chi connectivity index (χ0v) is 15.9. The number of nitrogens with one attached hydrogen (secondary N) is 2. The lowest BCUT2D eigenvalue weighted by molar-refractivity contribution is -0.115. The van der Waals surface area contributed by atoms with Gasteiger partial charge in [0.05, 0.1) is 10.6 Å². The summed E-state index contributed by atoms with van der Waals surface area (Å²) in [7, 11) is 0. The van der Waals surface area contributed by atoms with Crippen LogP contribution < -0.4 is 10.6 Å². The minimum atomic E-state index is -0.161. The molecule has 138 valence electrons. The molecule has 3 aromatic rings. The first-order valence-electron chi connectivity index (χ1n) is 8.73. The molecule has 4 rings (SSSR count). The van der Waals surface area contributed by atoms with E-state index in [9.17, 15) is 9.59 Å². The molecule has 1 aliphatic rings. The summed E-state index contributed by atoms with van der Waals surface area (Å²) < 4.78 is 0. The first-order chi connectivity index (χ1) is 13.6. The zero-order valence-electron chi connectivity index (χ0n) is 15.1. The third kappa shape index (κ3) is 3.97. The molecule has 1 fully saturated rings. The monoisotopic (exact) mass is 387 g/mol. The Bertz CT molecular complexity index is 1130. The SMILES string of the molecule is CC(=O)Nc1ccc(N=C2NC(=O)C(=Cc3cccc4ccccc34)S2)cc1. The van der Waals surface area contributed by atoms with Crippen molar-refractivity contribution in [3.8, 4) is 0 Å². The molecule has 0 unspecified atom stereocenters. The Morgan fingerprint density at radius 2 is 1.79 bits per heavy atom. The largest absolute Gasteiger partial charge is 0.326 e. The molecule has 3 aromatic carbocycles. The average Bonchev–Trinajstić information content (AvgIpc) is 3.02. The number of amides is 2. The maximum Gasteiger partial charge on any atom is 0.264 e. The zero-order chi connectivity index (χ0) is 19.5. The molecule has 6 heteroatoms. The van der Waals surface area contributed by atoms with Gasteiger partial charge in [-0.3, -0.25) is 9.59 Å². The van der Waals surface area contributed by atoms with Crippen molar-refractivity contribution < 1.29 is 9.59 Å². The molecule has 0 saturated carbocycles. The smallest absolute Gasteiger partial charge is 0.264 e. The lowest BCUT2D eigenvalue weighted by Gasteiger charge is -2.02. The number of fused-ring (bicyclic) bond motifs is 1. The van der Waals surface area contributed by atoms with E-state index in [1.165, 1.54) is 18.7 Å². The number of amidine groups is 1. The normalized spacial score (nSPS) is 16.5. The standard InChI is InChI=1S/C22H17N3O2S/c1-14(26)23-17-9-11-18(12-10-17)24-22-25-21(27)20(28-22)13-16-7-4-6-15-5-2-3-8-19(15)16/h2-13H,1H3,(H,23,26)(H,24,25,27). The van der Waals surface area contributed by atoms with Crippen LogP contribution >= 0.6 is 11.8 Å². The molecular formula is C22H17N3O2S. The fourth-order valence-corrected chi connectivity index (χ4v) is 3.77. The van der Waals surface area contributed by atoms with E-state index in [-0.39, 0.29) is 11.8 Å². The van der Waals surface area contributed by atoms with Crippen molar-refractivity contribution in [2.24, 2.45) is 4.99 Å². The summed E-state index contributed by atoms with van der Waals surface area (Å²) in [6.07, 6.45) is 1.89. The van der Waals surface area contributed by atoms with E-state index in [2.05, 4.69) is 27.8 Å². The Morgan fingerprint density at radius 3 is 2.57 bits per heavy atom. The molecule has 0 bridgehead atoms. The first-order valence-corrected chi connectivity index (χ1v) is 9.55. The van der Waals surface area contributed by atoms with E-state index in [0.29, 0.717) is 21.4 Å². The molecule has 0 atom stereocenters. The molecule has 1 saturated heterocycles. The number of carbonyl (C=O) groups excluding carboxylic acids is 2. The fourth-order valence-electron chi connectivity index (χ4n) is 2.94. The van der Waals surface area contributed by atoms with Gasteiger partial charge in [-0.1, -0.05) is 42.5 Å². The lowest BCUT2D eigenvalue weighted by Crippen LogP contribution is -2.19. The van der Waals surface area contributed by atoms with Crippen LogP contribution in [-0.4, -0.2) is 17.0 Å². The maximum atomic E-state index is 12.4. The Morgan fingerprint density at radius 1 is 1.04 bits per heavy atom. The topological polar surface area (TPSA) is 70.6 Å². The number of carbonyl (C=O) groups is 2. The number of benzene rings is 3. The van der Waals surface area contributed by atoms with Crippen molar-refractivity contribution in [3.05, 3.63) is 77.2 Å². The highest BCUT2D eigenvalue weighted by atomic mass is 32.2. The van der Waals surface area contributed by atoms with E-state index in [1.54, 1.807) is 24.3 Å². The van der Waals surface area contributed by atoms with Crippen molar-refractivity contribution in [1.82, 2.24) is 5.32 Å². The predicted octanol–water partition coefficient (Wildman–Crippen LogP) is 4.69. The highest BCUT2D eigenvalue weighted by Gasteiger charge is 2.24. The van der Waals surface area contributed by atoms with Gasteiger partial charge in [0.25, 0.3) is 5.91 Å². The van der Waals surface area contributed by atoms with Gasteiger partial charge in [0.1, 0.15) is 0 Å². The van der Waals surface area contributed by atoms with E-state index < -0.39 is 0 Å². The van der Waals surface area contributed by atoms with Crippen LogP contribution in [0, 0.1) is 0 Å². The second-order valence-electron chi connectivity index (χ2n) is 6.28. The minimum Gasteiger partial charge on any atom is -0.326 e. The number of thioether (sulfide) groups is 1. The van der Waals surface area contributed by atoms with Crippen LogP contribution in [0.15, 0.2) is 76.6 Å². The summed E-state index contributed by atoms with van der Waals surface area (Å²) in [4.78, 5) is 28.5. The second kappa shape index (κ2) is 7.70. The molecule has 28 heavy (non-hydrogen) atoms. The summed E-state index contributed by atoms with van der Waals surface area (Å²) in [6, 6.07) is 21.2. The molecule has 5 nitrogen and oxygen atoms in total. The Labute approximate surface area is 166 Å². The van der Waals surface area contributed by atoms with Gasteiger partial charge in [-0.15, -0.1) is 0 Å². The molecule has 0 spiro atoms. The molecule has 1 heterocycles. The predicted molar refractivity (Wildman–Crippen MR) is 115 cm³/mol. The summed E-state index contributed by atoms with van der Waals surface area (Å²) in [5.41, 5.74) is 2.40. The highest BCUT2D eigenvalue weighted by Crippen LogP contribution is 2.30. The van der Waals surface area contributed by atoms with E-state index in [1.807, 2.05) is 36.4 Å². The highest BCUT2D eigenvalue weighted by molar-refractivity contribution is 8.18. The van der Waals surface area contributed by atoms with Gasteiger partial charge in [0, 0.05) is 12.6 Å². The number of rotatable bonds is 3. The molecule has 0 aliphatic carbocycles. The summed E-state index contributed by atoms with van der Waals surface area (Å²) >= 11 is 1.31. The summed E-state index contributed by atoms with van der Waals surface area (Å²) in [6.45, 7) is 1.46. The molecule has 0 aromatic heterocycles. The molecule has 0 radical (unpaired) electrons. The first kappa shape index (κ1) is 18.0. The van der Waals surface area contributed by atoms with E-state index >= 15 is 0 Å². The minimum absolute atomic E-state index is 0.124. The van der Waals surface area contributed by atoms with Gasteiger partial charge in [-0.2, -0.15) is 0 Å². The van der Waals surface area contributed by atoms with Crippen molar-refractivity contribution in [3.63, 3.8) is 0 Å². The second-order valence-corrected chi connectivity index (χ2v) is 7.31. The Balaban J connectivity index is 1.57. The van der Waals surface area contributed by atoms with Crippen LogP contribution in [0.5, 0.6) is 0 Å². The number of hydrogen-bond acceptors (Lipinski definition) is 4. The third-order valence-corrected chi connectivity index (χ3v) is 5.09. The van der Waals surface area contributed by atoms with Gasteiger partial charge in [0.15, 0.2) is 5.17 Å². The van der Waals surface area contributed by atoms with Gasteiger partial charge in [-0.25, -0.2) is 4.99 Å². The van der Waals surface area contributed by atoms with Crippen LogP contribution in [0.25, 0.3) is 16.8 Å². The van der Waals surface area contributed by atoms with Crippen molar-refractivity contribution in [2.75, 3.05) is 5.32 Å². The molecular weight excluding hydrogens is 370 g/mol. The van der Waals surface area contributed by atoms with Gasteiger partial charge >= 0.3 is 0 Å². The van der Waals surface area contributed by atoms with Gasteiger partial charge in [0.2, 0.25) is 5.91 Å². The number of nitrogens with zero attached hydrogens (tertiary/aromatic N) is 1. The fraction of sp³-hybridized carbons (Fsp3) is 0.0455. The summed E-state index contributed by atoms with van der Waals surface area (Å²) in [5, 5.41) is 8.28. The Hall–Kier alpha value is -3.38. The van der Waals surface area contributed by atoms with Crippen LogP contribution in [0.4, 0.5) is 11.4 Å². The van der Waals surface area contributed by atoms with Crippen molar-refractivity contribution >= 4 is 57.0 Å². The lowest BCUT2D eigenvalue weighted by atomic mass is 10.0. The van der Waals surface area contributed by atoms with Crippen LogP contribution in [-0.2, 0) is 9.59 Å². The van der Waals surface area contributed by atoms with Crippen LogP contribution in [0.3, 0.4) is 0 Å². The van der Waals surface area contributed by atoms with Gasteiger partial charge in [-0.05, 0) is 58.4 Å². The molecule has 1 aliphatic heterocycles. The molecule has 2 N–H and O–H groups in total. The quantitative estimate of drug-likeness (QED) is 0.641. The van der Waals surface area contributed by atoms with Crippen molar-refractivity contribution in [1.29, 1.82) is 0 Å². The van der Waals surface area contributed by atoms with Crippen molar-refractivity contribution in [2.45, 2.75) is 6.92 Å². The van der Waals surface area contributed by atoms with Crippen LogP contribution in [0.2, 0.25) is 0 Å². The number of anilines is 1. The van der Waals surface area contributed by atoms with Gasteiger partial charge < -0.3 is 10.6 Å². The van der Waals surface area contributed by atoms with E-state index in [4.69, 9.17) is 0 Å². The molecule has 2 amide bonds. The van der Waals surface area contributed by atoms with E-state index in [0.717, 1.165) is 16.3 Å². The summed E-state index contributed by atoms with van der Waals surface area (Å²) in [5.74, 6) is -0.285. The number of aliphatic imine (C=N–C) groups is 1. The Kier molecular flexibility index (Phi) is 4.95. The maximum absolute atomic E-state index is 12.4. The van der Waals surface area contributed by atoms with Crippen LogP contribution in [0.1, 0.15) is 12.5 Å². The average molecular weight is 387 g/mol. The third-order valence-electron chi connectivity index (χ3n) is 4.18.